The second-order valence-corrected chi connectivity index (χ2v) is 6.59. The normalized spacial score (nSPS) is 21.0. The van der Waals surface area contributed by atoms with Gasteiger partial charge in [0.1, 0.15) is 5.75 Å². The smallest absolute Gasteiger partial charge is 0.224 e. The van der Waals surface area contributed by atoms with Gasteiger partial charge in [-0.3, -0.25) is 4.79 Å². The fourth-order valence-corrected chi connectivity index (χ4v) is 3.25. The molecule has 1 aromatic rings. The standard InChI is InChI=1S/C18H26ClNO3/c1-13-5-3-4-6-16(13)23-10-9-20-18(21)12-14-11-15(19)7-8-17(14)22-2/h7-8,11,13,16H,3-6,9-10,12H2,1-2H3,(H,20,21)/t13-,16-/m1/s1. The van der Waals surface area contributed by atoms with Crippen molar-refractivity contribution in [3.8, 4) is 5.75 Å². The Labute approximate surface area is 143 Å². The van der Waals surface area contributed by atoms with Crippen LogP contribution in [0.15, 0.2) is 18.2 Å². The molecule has 1 aromatic carbocycles. The van der Waals surface area contributed by atoms with Crippen LogP contribution in [0.5, 0.6) is 5.75 Å². The number of ether oxygens (including phenoxy) is 2. The molecule has 0 aromatic heterocycles. The van der Waals surface area contributed by atoms with E-state index in [1.54, 1.807) is 25.3 Å². The van der Waals surface area contributed by atoms with Gasteiger partial charge in [0.2, 0.25) is 5.91 Å². The van der Waals surface area contributed by atoms with Crippen molar-refractivity contribution in [3.05, 3.63) is 28.8 Å². The van der Waals surface area contributed by atoms with E-state index in [-0.39, 0.29) is 12.3 Å². The van der Waals surface area contributed by atoms with Gasteiger partial charge >= 0.3 is 0 Å². The summed E-state index contributed by atoms with van der Waals surface area (Å²) in [7, 11) is 1.59. The van der Waals surface area contributed by atoms with Crippen molar-refractivity contribution in [2.75, 3.05) is 20.3 Å². The predicted octanol–water partition coefficient (Wildman–Crippen LogP) is 3.60. The molecular formula is C18H26ClNO3. The molecule has 23 heavy (non-hydrogen) atoms. The van der Waals surface area contributed by atoms with Crippen molar-refractivity contribution < 1.29 is 14.3 Å². The fraction of sp³-hybridized carbons (Fsp3) is 0.611. The number of rotatable bonds is 7. The van der Waals surface area contributed by atoms with E-state index in [9.17, 15) is 4.79 Å². The summed E-state index contributed by atoms with van der Waals surface area (Å²) < 4.78 is 11.2. The molecule has 0 unspecified atom stereocenters. The molecular weight excluding hydrogens is 314 g/mol. The molecule has 1 amide bonds. The van der Waals surface area contributed by atoms with Gasteiger partial charge in [-0.05, 0) is 37.0 Å². The maximum absolute atomic E-state index is 12.0. The monoisotopic (exact) mass is 339 g/mol. The molecule has 5 heteroatoms. The number of benzene rings is 1. The highest BCUT2D eigenvalue weighted by atomic mass is 35.5. The Bertz CT molecular complexity index is 521. The van der Waals surface area contributed by atoms with Gasteiger partial charge in [-0.15, -0.1) is 0 Å². The van der Waals surface area contributed by atoms with E-state index >= 15 is 0 Å². The van der Waals surface area contributed by atoms with Gasteiger partial charge in [0.15, 0.2) is 0 Å². The van der Waals surface area contributed by atoms with Gasteiger partial charge < -0.3 is 14.8 Å². The van der Waals surface area contributed by atoms with Crippen LogP contribution in [0.2, 0.25) is 5.02 Å². The van der Waals surface area contributed by atoms with Gasteiger partial charge in [0, 0.05) is 17.1 Å². The minimum Gasteiger partial charge on any atom is -0.496 e. The first-order valence-electron chi connectivity index (χ1n) is 8.31. The minimum atomic E-state index is -0.0501. The lowest BCUT2D eigenvalue weighted by Gasteiger charge is -2.28. The van der Waals surface area contributed by atoms with Crippen molar-refractivity contribution in [2.24, 2.45) is 5.92 Å². The molecule has 1 fully saturated rings. The zero-order valence-electron chi connectivity index (χ0n) is 13.9. The summed E-state index contributed by atoms with van der Waals surface area (Å²) in [5.41, 5.74) is 0.791. The van der Waals surface area contributed by atoms with Crippen LogP contribution in [0.4, 0.5) is 0 Å². The SMILES string of the molecule is COc1ccc(Cl)cc1CC(=O)NCCO[C@@H]1CCCC[C@H]1C. The van der Waals surface area contributed by atoms with E-state index < -0.39 is 0 Å². The number of amides is 1. The summed E-state index contributed by atoms with van der Waals surface area (Å²) >= 11 is 5.98. The van der Waals surface area contributed by atoms with E-state index in [1.807, 2.05) is 0 Å². The maximum atomic E-state index is 12.0. The Balaban J connectivity index is 1.72. The molecule has 128 valence electrons. The van der Waals surface area contributed by atoms with E-state index in [0.717, 1.165) is 12.0 Å². The number of nitrogens with one attached hydrogen (secondary N) is 1. The minimum absolute atomic E-state index is 0.0501. The molecule has 1 aliphatic carbocycles. The Morgan fingerprint density at radius 3 is 2.87 bits per heavy atom. The van der Waals surface area contributed by atoms with Crippen LogP contribution in [0, 0.1) is 5.92 Å². The van der Waals surface area contributed by atoms with Gasteiger partial charge in [-0.2, -0.15) is 0 Å². The predicted molar refractivity (Wildman–Crippen MR) is 92.1 cm³/mol. The number of carbonyl (C=O) groups excluding carboxylic acids is 1. The van der Waals surface area contributed by atoms with Crippen molar-refractivity contribution in [1.82, 2.24) is 5.32 Å². The van der Waals surface area contributed by atoms with Crippen molar-refractivity contribution in [1.29, 1.82) is 0 Å². The van der Waals surface area contributed by atoms with E-state index in [1.165, 1.54) is 19.3 Å². The van der Waals surface area contributed by atoms with Crippen LogP contribution in [0.25, 0.3) is 0 Å². The summed E-state index contributed by atoms with van der Waals surface area (Å²) in [6.07, 6.45) is 5.52. The fourth-order valence-electron chi connectivity index (χ4n) is 3.05. The molecule has 4 nitrogen and oxygen atoms in total. The van der Waals surface area contributed by atoms with Crippen molar-refractivity contribution in [3.63, 3.8) is 0 Å². The summed E-state index contributed by atoms with van der Waals surface area (Å²) in [5.74, 6) is 1.25. The first kappa shape index (κ1) is 18.1. The lowest BCUT2D eigenvalue weighted by atomic mass is 9.88. The lowest BCUT2D eigenvalue weighted by Crippen LogP contribution is -2.32. The highest BCUT2D eigenvalue weighted by molar-refractivity contribution is 6.30. The Kier molecular flexibility index (Phi) is 7.18. The molecule has 0 spiro atoms. The lowest BCUT2D eigenvalue weighted by molar-refractivity contribution is -0.120. The number of carbonyl (C=O) groups is 1. The quantitative estimate of drug-likeness (QED) is 0.772. The molecule has 2 atom stereocenters. The average molecular weight is 340 g/mol. The molecule has 1 saturated carbocycles. The Morgan fingerprint density at radius 1 is 1.35 bits per heavy atom. The summed E-state index contributed by atoms with van der Waals surface area (Å²) in [6, 6.07) is 5.29. The molecule has 0 radical (unpaired) electrons. The second kappa shape index (κ2) is 9.14. The summed E-state index contributed by atoms with van der Waals surface area (Å²) in [6.45, 7) is 3.34. The highest BCUT2D eigenvalue weighted by Crippen LogP contribution is 2.26. The third-order valence-corrected chi connectivity index (χ3v) is 4.62. The number of hydrogen-bond donors (Lipinski definition) is 1. The maximum Gasteiger partial charge on any atom is 0.224 e. The van der Waals surface area contributed by atoms with E-state index in [4.69, 9.17) is 21.1 Å². The van der Waals surface area contributed by atoms with Gasteiger partial charge in [-0.25, -0.2) is 0 Å². The van der Waals surface area contributed by atoms with Crippen molar-refractivity contribution >= 4 is 17.5 Å². The topological polar surface area (TPSA) is 47.6 Å². The van der Waals surface area contributed by atoms with Crippen LogP contribution in [0.3, 0.4) is 0 Å². The number of hydrogen-bond acceptors (Lipinski definition) is 3. The van der Waals surface area contributed by atoms with Gasteiger partial charge in [0.25, 0.3) is 0 Å². The first-order valence-corrected chi connectivity index (χ1v) is 8.68. The van der Waals surface area contributed by atoms with Crippen molar-refractivity contribution in [2.45, 2.75) is 45.1 Å². The second-order valence-electron chi connectivity index (χ2n) is 6.15. The third-order valence-electron chi connectivity index (χ3n) is 4.38. The molecule has 0 heterocycles. The van der Waals surface area contributed by atoms with E-state index in [2.05, 4.69) is 12.2 Å². The Hall–Kier alpha value is -1.26. The molecule has 1 aliphatic rings. The largest absolute Gasteiger partial charge is 0.496 e. The number of methoxy groups -OCH3 is 1. The zero-order chi connectivity index (χ0) is 16.7. The number of halogens is 1. The van der Waals surface area contributed by atoms with Crippen LogP contribution >= 0.6 is 11.6 Å². The van der Waals surface area contributed by atoms with E-state index in [0.29, 0.717) is 35.9 Å². The highest BCUT2D eigenvalue weighted by Gasteiger charge is 2.21. The zero-order valence-corrected chi connectivity index (χ0v) is 14.7. The average Bonchev–Trinajstić information content (AvgIpc) is 2.53. The van der Waals surface area contributed by atoms with Crippen LogP contribution < -0.4 is 10.1 Å². The summed E-state index contributed by atoms with van der Waals surface area (Å²) in [5, 5.41) is 3.49. The molecule has 1 N–H and O–H groups in total. The molecule has 0 bridgehead atoms. The molecule has 0 saturated heterocycles. The first-order chi connectivity index (χ1) is 11.1. The van der Waals surface area contributed by atoms with Crippen LogP contribution in [-0.4, -0.2) is 32.3 Å². The van der Waals surface area contributed by atoms with Crippen LogP contribution in [-0.2, 0) is 16.0 Å². The summed E-state index contributed by atoms with van der Waals surface area (Å²) in [4.78, 5) is 12.0. The molecule has 2 rings (SSSR count). The van der Waals surface area contributed by atoms with Crippen LogP contribution in [0.1, 0.15) is 38.2 Å². The van der Waals surface area contributed by atoms with Gasteiger partial charge in [0.05, 0.1) is 26.2 Å². The molecule has 0 aliphatic heterocycles. The Morgan fingerprint density at radius 2 is 2.13 bits per heavy atom. The third kappa shape index (κ3) is 5.70. The van der Waals surface area contributed by atoms with Gasteiger partial charge in [-0.1, -0.05) is 31.4 Å².